The van der Waals surface area contributed by atoms with Crippen molar-refractivity contribution >= 4 is 5.84 Å². The molecule has 1 heterocycles. The Hall–Kier alpha value is -1.97. The summed E-state index contributed by atoms with van der Waals surface area (Å²) < 4.78 is 10.8. The van der Waals surface area contributed by atoms with E-state index in [1.165, 1.54) is 17.0 Å². The van der Waals surface area contributed by atoms with Gasteiger partial charge in [0.05, 0.1) is 20.8 Å². The zero-order valence-corrected chi connectivity index (χ0v) is 12.1. The van der Waals surface area contributed by atoms with Crippen molar-refractivity contribution < 1.29 is 9.47 Å². The van der Waals surface area contributed by atoms with Crippen molar-refractivity contribution in [2.45, 2.75) is 12.3 Å². The van der Waals surface area contributed by atoms with Crippen LogP contribution in [-0.2, 0) is 6.42 Å². The van der Waals surface area contributed by atoms with E-state index in [1.54, 1.807) is 14.2 Å². The maximum Gasteiger partial charge on any atom is 0.164 e. The van der Waals surface area contributed by atoms with Crippen LogP contribution in [0.25, 0.3) is 0 Å². The molecule has 0 N–H and O–H groups in total. The molecule has 1 aromatic carbocycles. The molecule has 0 fully saturated rings. The quantitative estimate of drug-likeness (QED) is 0.771. The third-order valence-electron chi connectivity index (χ3n) is 4.10. The first-order chi connectivity index (χ1) is 9.80. The summed E-state index contributed by atoms with van der Waals surface area (Å²) >= 11 is 0. The molecule has 0 amide bonds. The van der Waals surface area contributed by atoms with E-state index >= 15 is 0 Å². The molecule has 0 aromatic heterocycles. The van der Waals surface area contributed by atoms with Gasteiger partial charge < -0.3 is 14.4 Å². The number of fused-ring (bicyclic) bond motifs is 1. The van der Waals surface area contributed by atoms with Gasteiger partial charge in [0.25, 0.3) is 0 Å². The van der Waals surface area contributed by atoms with E-state index in [2.05, 4.69) is 22.5 Å². The predicted octanol–water partition coefficient (Wildman–Crippen LogP) is 2.24. The molecule has 1 atom stereocenters. The van der Waals surface area contributed by atoms with Gasteiger partial charge in [0.1, 0.15) is 5.84 Å². The van der Waals surface area contributed by atoms with Crippen LogP contribution >= 0.6 is 0 Å². The van der Waals surface area contributed by atoms with Gasteiger partial charge in [-0.15, -0.1) is 6.58 Å². The minimum atomic E-state index is 0.396. The standard InChI is InChI=1S/C16H20N2O2/c1-4-8-18-9-7-17-16(18)13-10-12-11(13)5-6-14(19-2)15(12)20-3/h4-6,13H,1,7-10H2,2-3H3. The topological polar surface area (TPSA) is 34.1 Å². The molecule has 0 spiro atoms. The Labute approximate surface area is 119 Å². The van der Waals surface area contributed by atoms with Gasteiger partial charge in [-0.2, -0.15) is 0 Å². The SMILES string of the molecule is C=CCN1CCN=C1C1Cc2c1ccc(OC)c2OC. The number of hydrogen-bond acceptors (Lipinski definition) is 4. The second kappa shape index (κ2) is 5.19. The molecule has 0 bridgehead atoms. The summed E-state index contributed by atoms with van der Waals surface area (Å²) in [7, 11) is 3.37. The Bertz CT molecular complexity index is 566. The lowest BCUT2D eigenvalue weighted by atomic mass is 9.75. The van der Waals surface area contributed by atoms with E-state index in [1.807, 2.05) is 12.1 Å². The van der Waals surface area contributed by atoms with Gasteiger partial charge in [0.15, 0.2) is 11.5 Å². The molecule has 1 aliphatic carbocycles. The van der Waals surface area contributed by atoms with E-state index in [9.17, 15) is 0 Å². The lowest BCUT2D eigenvalue weighted by Gasteiger charge is -2.35. The molecule has 1 unspecified atom stereocenters. The molecule has 2 aliphatic rings. The van der Waals surface area contributed by atoms with E-state index < -0.39 is 0 Å². The Morgan fingerprint density at radius 1 is 1.40 bits per heavy atom. The molecule has 0 saturated carbocycles. The van der Waals surface area contributed by atoms with Crippen molar-refractivity contribution in [3.63, 3.8) is 0 Å². The van der Waals surface area contributed by atoms with Gasteiger partial charge >= 0.3 is 0 Å². The van der Waals surface area contributed by atoms with Crippen molar-refractivity contribution in [2.24, 2.45) is 4.99 Å². The van der Waals surface area contributed by atoms with Crippen LogP contribution in [0.3, 0.4) is 0 Å². The van der Waals surface area contributed by atoms with Crippen molar-refractivity contribution in [1.29, 1.82) is 0 Å². The Morgan fingerprint density at radius 3 is 2.95 bits per heavy atom. The Balaban J connectivity index is 1.89. The largest absolute Gasteiger partial charge is 0.493 e. The number of amidine groups is 1. The fraction of sp³-hybridized carbons (Fsp3) is 0.438. The Kier molecular flexibility index (Phi) is 3.38. The van der Waals surface area contributed by atoms with Crippen LogP contribution in [0.2, 0.25) is 0 Å². The van der Waals surface area contributed by atoms with Gasteiger partial charge in [-0.05, 0) is 18.1 Å². The number of hydrogen-bond donors (Lipinski definition) is 0. The van der Waals surface area contributed by atoms with E-state index in [0.717, 1.165) is 37.6 Å². The second-order valence-electron chi connectivity index (χ2n) is 5.10. The molecule has 4 heteroatoms. The number of ether oxygens (including phenoxy) is 2. The molecule has 4 nitrogen and oxygen atoms in total. The summed E-state index contributed by atoms with van der Waals surface area (Å²) in [5.74, 6) is 3.27. The van der Waals surface area contributed by atoms with Crippen LogP contribution in [0, 0.1) is 0 Å². The molecule has 20 heavy (non-hydrogen) atoms. The molecule has 1 aromatic rings. The summed E-state index contributed by atoms with van der Waals surface area (Å²) in [6, 6.07) is 4.12. The first-order valence-electron chi connectivity index (χ1n) is 6.94. The van der Waals surface area contributed by atoms with Gasteiger partial charge in [-0.25, -0.2) is 0 Å². The fourth-order valence-corrected chi connectivity index (χ4v) is 3.13. The van der Waals surface area contributed by atoms with Gasteiger partial charge in [-0.1, -0.05) is 12.1 Å². The molecular weight excluding hydrogens is 252 g/mol. The smallest absolute Gasteiger partial charge is 0.164 e. The van der Waals surface area contributed by atoms with E-state index in [4.69, 9.17) is 9.47 Å². The van der Waals surface area contributed by atoms with E-state index in [0.29, 0.717) is 5.92 Å². The summed E-state index contributed by atoms with van der Waals surface area (Å²) in [5, 5.41) is 0. The van der Waals surface area contributed by atoms with Crippen molar-refractivity contribution in [3.8, 4) is 11.5 Å². The van der Waals surface area contributed by atoms with Crippen molar-refractivity contribution in [2.75, 3.05) is 33.9 Å². The minimum absolute atomic E-state index is 0.396. The summed E-state index contributed by atoms with van der Waals surface area (Å²) in [6.07, 6.45) is 2.91. The third-order valence-corrected chi connectivity index (χ3v) is 4.10. The molecular formula is C16H20N2O2. The zero-order valence-electron chi connectivity index (χ0n) is 12.1. The number of aliphatic imine (C=N–C) groups is 1. The predicted molar refractivity (Wildman–Crippen MR) is 80.1 cm³/mol. The van der Waals surface area contributed by atoms with Crippen molar-refractivity contribution in [3.05, 3.63) is 35.9 Å². The monoisotopic (exact) mass is 272 g/mol. The normalized spacial score (nSPS) is 20.0. The van der Waals surface area contributed by atoms with E-state index in [-0.39, 0.29) is 0 Å². The summed E-state index contributed by atoms with van der Waals surface area (Å²) in [6.45, 7) is 6.59. The van der Waals surface area contributed by atoms with Crippen LogP contribution < -0.4 is 9.47 Å². The highest BCUT2D eigenvalue weighted by Crippen LogP contribution is 2.46. The zero-order chi connectivity index (χ0) is 14.1. The number of rotatable bonds is 5. The lowest BCUT2D eigenvalue weighted by Crippen LogP contribution is -2.37. The highest BCUT2D eigenvalue weighted by Gasteiger charge is 2.37. The first kappa shape index (κ1) is 13.0. The fourth-order valence-electron chi connectivity index (χ4n) is 3.13. The molecule has 106 valence electrons. The van der Waals surface area contributed by atoms with Gasteiger partial charge in [0.2, 0.25) is 0 Å². The average molecular weight is 272 g/mol. The summed E-state index contributed by atoms with van der Waals surface area (Å²) in [5.41, 5.74) is 2.57. The van der Waals surface area contributed by atoms with Crippen LogP contribution in [0.15, 0.2) is 29.8 Å². The summed E-state index contributed by atoms with van der Waals surface area (Å²) in [4.78, 5) is 6.99. The third kappa shape index (κ3) is 1.87. The number of methoxy groups -OCH3 is 2. The van der Waals surface area contributed by atoms with Crippen molar-refractivity contribution in [1.82, 2.24) is 4.90 Å². The molecule has 1 aliphatic heterocycles. The molecule has 0 saturated heterocycles. The Morgan fingerprint density at radius 2 is 2.25 bits per heavy atom. The minimum Gasteiger partial charge on any atom is -0.493 e. The number of nitrogens with zero attached hydrogens (tertiary/aromatic N) is 2. The van der Waals surface area contributed by atoms with Crippen LogP contribution in [0.5, 0.6) is 11.5 Å². The second-order valence-corrected chi connectivity index (χ2v) is 5.10. The van der Waals surface area contributed by atoms with Gasteiger partial charge in [-0.3, -0.25) is 4.99 Å². The van der Waals surface area contributed by atoms with Gasteiger partial charge in [0, 0.05) is 24.6 Å². The average Bonchev–Trinajstić information content (AvgIpc) is 2.87. The van der Waals surface area contributed by atoms with Crippen LogP contribution in [0.4, 0.5) is 0 Å². The van der Waals surface area contributed by atoms with Crippen LogP contribution in [-0.4, -0.2) is 44.6 Å². The lowest BCUT2D eigenvalue weighted by molar-refractivity contribution is 0.347. The highest BCUT2D eigenvalue weighted by molar-refractivity contribution is 5.93. The first-order valence-corrected chi connectivity index (χ1v) is 6.94. The highest BCUT2D eigenvalue weighted by atomic mass is 16.5. The number of benzene rings is 1. The molecule has 0 radical (unpaired) electrons. The maximum absolute atomic E-state index is 5.49. The molecule has 3 rings (SSSR count). The maximum atomic E-state index is 5.49. The van der Waals surface area contributed by atoms with Crippen LogP contribution in [0.1, 0.15) is 17.0 Å².